The zero-order valence-corrected chi connectivity index (χ0v) is 11.7. The smallest absolute Gasteiger partial charge is 0.253 e. The molecule has 0 bridgehead atoms. The van der Waals surface area contributed by atoms with Crippen molar-refractivity contribution in [2.24, 2.45) is 0 Å². The first-order chi connectivity index (χ1) is 9.49. The molecule has 0 saturated heterocycles. The molecule has 1 aliphatic heterocycles. The first kappa shape index (κ1) is 14.5. The number of nitrogen functional groups attached to an aromatic ring is 1. The second-order valence-corrected chi connectivity index (χ2v) is 5.13. The van der Waals surface area contributed by atoms with Gasteiger partial charge >= 0.3 is 0 Å². The summed E-state index contributed by atoms with van der Waals surface area (Å²) in [4.78, 5) is 12.3. The van der Waals surface area contributed by atoms with Crippen LogP contribution in [0.2, 0.25) is 0 Å². The number of anilines is 1. The van der Waals surface area contributed by atoms with Crippen molar-refractivity contribution in [3.8, 4) is 11.5 Å². The number of aliphatic hydroxyl groups excluding tert-OH is 1. The standard InChI is InChI=1S/C14H20N2O4/c1-3-14(2,4-5-17)16-13(18)9-6-11-12(7-10(9)15)20-8-19-11/h6-7,17H,3-5,8,15H2,1-2H3,(H,16,18). The van der Waals surface area contributed by atoms with Crippen molar-refractivity contribution in [3.05, 3.63) is 17.7 Å². The van der Waals surface area contributed by atoms with Crippen molar-refractivity contribution < 1.29 is 19.4 Å². The van der Waals surface area contributed by atoms with Crippen LogP contribution in [-0.4, -0.2) is 30.0 Å². The number of ether oxygens (including phenoxy) is 2. The summed E-state index contributed by atoms with van der Waals surface area (Å²) in [5.74, 6) is 0.788. The maximum atomic E-state index is 12.3. The van der Waals surface area contributed by atoms with E-state index in [1.54, 1.807) is 12.1 Å². The molecule has 110 valence electrons. The molecule has 0 spiro atoms. The minimum atomic E-state index is -0.464. The number of amides is 1. The Morgan fingerprint density at radius 1 is 1.45 bits per heavy atom. The number of hydrogen-bond donors (Lipinski definition) is 3. The second kappa shape index (κ2) is 5.58. The number of carbonyl (C=O) groups is 1. The molecule has 20 heavy (non-hydrogen) atoms. The van der Waals surface area contributed by atoms with Gasteiger partial charge in [0.2, 0.25) is 6.79 Å². The highest BCUT2D eigenvalue weighted by atomic mass is 16.7. The number of rotatable bonds is 5. The summed E-state index contributed by atoms with van der Waals surface area (Å²) in [6.45, 7) is 4.00. The molecular weight excluding hydrogens is 260 g/mol. The van der Waals surface area contributed by atoms with Gasteiger partial charge < -0.3 is 25.6 Å². The first-order valence-corrected chi connectivity index (χ1v) is 6.61. The fourth-order valence-electron chi connectivity index (χ4n) is 2.07. The van der Waals surface area contributed by atoms with Gasteiger partial charge in [-0.1, -0.05) is 6.92 Å². The number of fused-ring (bicyclic) bond motifs is 1. The zero-order valence-electron chi connectivity index (χ0n) is 11.7. The van der Waals surface area contributed by atoms with E-state index in [9.17, 15) is 4.79 Å². The third kappa shape index (κ3) is 2.80. The van der Waals surface area contributed by atoms with Crippen LogP contribution >= 0.6 is 0 Å². The van der Waals surface area contributed by atoms with Crippen LogP contribution in [0.5, 0.6) is 11.5 Å². The van der Waals surface area contributed by atoms with Gasteiger partial charge in [-0.25, -0.2) is 0 Å². The average molecular weight is 280 g/mol. The molecule has 0 aliphatic carbocycles. The van der Waals surface area contributed by atoms with E-state index in [-0.39, 0.29) is 19.3 Å². The van der Waals surface area contributed by atoms with Gasteiger partial charge in [0.15, 0.2) is 11.5 Å². The van der Waals surface area contributed by atoms with E-state index in [2.05, 4.69) is 5.32 Å². The largest absolute Gasteiger partial charge is 0.454 e. The number of nitrogens with two attached hydrogens (primary N) is 1. The van der Waals surface area contributed by atoms with E-state index in [0.29, 0.717) is 35.6 Å². The third-order valence-electron chi connectivity index (χ3n) is 3.65. The van der Waals surface area contributed by atoms with Crippen molar-refractivity contribution in [2.45, 2.75) is 32.2 Å². The van der Waals surface area contributed by atoms with Crippen LogP contribution in [-0.2, 0) is 0 Å². The Morgan fingerprint density at radius 3 is 2.70 bits per heavy atom. The molecule has 1 atom stereocenters. The van der Waals surface area contributed by atoms with Gasteiger partial charge in [0.05, 0.1) is 5.56 Å². The fourth-order valence-corrected chi connectivity index (χ4v) is 2.07. The molecule has 1 aromatic carbocycles. The molecule has 0 saturated carbocycles. The fraction of sp³-hybridized carbons (Fsp3) is 0.500. The average Bonchev–Trinajstić information content (AvgIpc) is 2.84. The molecule has 1 heterocycles. The topological polar surface area (TPSA) is 93.8 Å². The summed E-state index contributed by atoms with van der Waals surface area (Å²) in [5, 5.41) is 12.0. The lowest BCUT2D eigenvalue weighted by Gasteiger charge is -2.29. The molecule has 1 aliphatic rings. The molecule has 2 rings (SSSR count). The summed E-state index contributed by atoms with van der Waals surface area (Å²) < 4.78 is 10.5. The number of hydrogen-bond acceptors (Lipinski definition) is 5. The lowest BCUT2D eigenvalue weighted by Crippen LogP contribution is -2.46. The molecular formula is C14H20N2O4. The third-order valence-corrected chi connectivity index (χ3v) is 3.65. The van der Waals surface area contributed by atoms with Crippen molar-refractivity contribution in [2.75, 3.05) is 19.1 Å². The normalized spacial score (nSPS) is 15.8. The van der Waals surface area contributed by atoms with Gasteiger partial charge in [-0.05, 0) is 25.8 Å². The lowest BCUT2D eigenvalue weighted by atomic mass is 9.94. The predicted molar refractivity (Wildman–Crippen MR) is 74.8 cm³/mol. The highest BCUT2D eigenvalue weighted by Gasteiger charge is 2.26. The number of benzene rings is 1. The molecule has 0 aromatic heterocycles. The number of carbonyl (C=O) groups excluding carboxylic acids is 1. The van der Waals surface area contributed by atoms with Crippen LogP contribution in [0.3, 0.4) is 0 Å². The molecule has 6 heteroatoms. The monoisotopic (exact) mass is 280 g/mol. The van der Waals surface area contributed by atoms with E-state index >= 15 is 0 Å². The maximum absolute atomic E-state index is 12.3. The van der Waals surface area contributed by atoms with Gasteiger partial charge in [-0.2, -0.15) is 0 Å². The summed E-state index contributed by atoms with van der Waals surface area (Å²) in [6, 6.07) is 3.18. The van der Waals surface area contributed by atoms with Gasteiger partial charge in [0.1, 0.15) is 0 Å². The van der Waals surface area contributed by atoms with E-state index in [0.717, 1.165) is 0 Å². The van der Waals surface area contributed by atoms with Crippen LogP contribution in [0.25, 0.3) is 0 Å². The second-order valence-electron chi connectivity index (χ2n) is 5.13. The highest BCUT2D eigenvalue weighted by Crippen LogP contribution is 2.36. The minimum absolute atomic E-state index is 0.0151. The van der Waals surface area contributed by atoms with Crippen LogP contribution in [0.4, 0.5) is 5.69 Å². The minimum Gasteiger partial charge on any atom is -0.454 e. The quantitative estimate of drug-likeness (QED) is 0.706. The number of nitrogens with one attached hydrogen (secondary N) is 1. The molecule has 1 aromatic rings. The molecule has 1 unspecified atom stereocenters. The van der Waals surface area contributed by atoms with E-state index in [1.807, 2.05) is 13.8 Å². The van der Waals surface area contributed by atoms with E-state index < -0.39 is 5.54 Å². The Labute approximate surface area is 117 Å². The van der Waals surface area contributed by atoms with Crippen LogP contribution in [0, 0.1) is 0 Å². The maximum Gasteiger partial charge on any atom is 0.253 e. The van der Waals surface area contributed by atoms with Crippen molar-refractivity contribution in [3.63, 3.8) is 0 Å². The van der Waals surface area contributed by atoms with Crippen molar-refractivity contribution >= 4 is 11.6 Å². The van der Waals surface area contributed by atoms with Gasteiger partial charge in [-0.3, -0.25) is 4.79 Å². The Morgan fingerprint density at radius 2 is 2.10 bits per heavy atom. The molecule has 1 amide bonds. The summed E-state index contributed by atoms with van der Waals surface area (Å²) in [5.41, 5.74) is 6.11. The van der Waals surface area contributed by atoms with E-state index in [4.69, 9.17) is 20.3 Å². The number of aliphatic hydroxyl groups is 1. The van der Waals surface area contributed by atoms with Crippen LogP contribution in [0.1, 0.15) is 37.0 Å². The van der Waals surface area contributed by atoms with Crippen molar-refractivity contribution in [1.29, 1.82) is 0 Å². The molecule has 0 radical (unpaired) electrons. The Hall–Kier alpha value is -1.95. The van der Waals surface area contributed by atoms with Crippen LogP contribution in [0.15, 0.2) is 12.1 Å². The summed E-state index contributed by atoms with van der Waals surface area (Å²) in [7, 11) is 0. The summed E-state index contributed by atoms with van der Waals surface area (Å²) in [6.07, 6.45) is 1.20. The highest BCUT2D eigenvalue weighted by molar-refractivity contribution is 6.00. The van der Waals surface area contributed by atoms with E-state index in [1.165, 1.54) is 0 Å². The Balaban J connectivity index is 2.21. The Kier molecular flexibility index (Phi) is 4.04. The summed E-state index contributed by atoms with van der Waals surface area (Å²) >= 11 is 0. The SMILES string of the molecule is CCC(C)(CCO)NC(=O)c1cc2c(cc1N)OCO2. The Bertz CT molecular complexity index is 518. The molecule has 4 N–H and O–H groups in total. The van der Waals surface area contributed by atoms with Gasteiger partial charge in [-0.15, -0.1) is 0 Å². The van der Waals surface area contributed by atoms with Crippen LogP contribution < -0.4 is 20.5 Å². The van der Waals surface area contributed by atoms with Gasteiger partial charge in [0.25, 0.3) is 5.91 Å². The zero-order chi connectivity index (χ0) is 14.8. The molecule has 0 fully saturated rings. The molecule has 6 nitrogen and oxygen atoms in total. The first-order valence-electron chi connectivity index (χ1n) is 6.61. The lowest BCUT2D eigenvalue weighted by molar-refractivity contribution is 0.0886. The van der Waals surface area contributed by atoms with Gasteiger partial charge in [0, 0.05) is 23.9 Å². The van der Waals surface area contributed by atoms with Crippen molar-refractivity contribution in [1.82, 2.24) is 5.32 Å². The predicted octanol–water partition coefficient (Wildman–Crippen LogP) is 1.28.